The Hall–Kier alpha value is -2.48. The third-order valence-corrected chi connectivity index (χ3v) is 3.12. The number of hydrogen-bond acceptors (Lipinski definition) is 7. The minimum Gasteiger partial charge on any atom is -0.493 e. The molecular formula is C17H25NO7. The molecule has 0 aliphatic rings. The number of nitrogens with one attached hydrogen (secondary N) is 1. The monoisotopic (exact) mass is 355 g/mol. The molecule has 8 heteroatoms. The maximum atomic E-state index is 12.2. The van der Waals surface area contributed by atoms with E-state index in [0.717, 1.165) is 0 Å². The van der Waals surface area contributed by atoms with Crippen LogP contribution in [-0.4, -0.2) is 59.1 Å². The van der Waals surface area contributed by atoms with Crippen LogP contribution in [-0.2, 0) is 14.3 Å². The number of esters is 1. The minimum absolute atomic E-state index is 0.0680. The molecule has 0 saturated carbocycles. The standard InChI is InChI=1S/C17H25NO7/c1-11(2)24-6-7-25-15(19)10-18-17(20)12-8-13(21-3)16(23-5)14(9-12)22-4/h8-9,11H,6-7,10H2,1-5H3,(H,18,20). The first-order valence-corrected chi connectivity index (χ1v) is 7.78. The van der Waals surface area contributed by atoms with Gasteiger partial charge in [-0.25, -0.2) is 0 Å². The van der Waals surface area contributed by atoms with Gasteiger partial charge >= 0.3 is 5.97 Å². The first-order valence-electron chi connectivity index (χ1n) is 7.78. The Kier molecular flexibility index (Phi) is 8.55. The van der Waals surface area contributed by atoms with Crippen LogP contribution in [0.25, 0.3) is 0 Å². The molecule has 140 valence electrons. The Labute approximate surface area is 147 Å². The third kappa shape index (κ3) is 6.50. The van der Waals surface area contributed by atoms with Crippen molar-refractivity contribution in [2.45, 2.75) is 20.0 Å². The van der Waals surface area contributed by atoms with Gasteiger partial charge < -0.3 is 29.0 Å². The topological polar surface area (TPSA) is 92.3 Å². The van der Waals surface area contributed by atoms with Crippen LogP contribution >= 0.6 is 0 Å². The molecule has 1 rings (SSSR count). The molecule has 0 bridgehead atoms. The quantitative estimate of drug-likeness (QED) is 0.501. The van der Waals surface area contributed by atoms with Gasteiger partial charge in [-0.15, -0.1) is 0 Å². The van der Waals surface area contributed by atoms with Gasteiger partial charge in [-0.05, 0) is 26.0 Å². The van der Waals surface area contributed by atoms with Crippen LogP contribution in [0.4, 0.5) is 0 Å². The van der Waals surface area contributed by atoms with Gasteiger partial charge in [0.2, 0.25) is 5.75 Å². The van der Waals surface area contributed by atoms with Crippen molar-refractivity contribution in [3.05, 3.63) is 17.7 Å². The van der Waals surface area contributed by atoms with E-state index in [9.17, 15) is 9.59 Å². The molecule has 0 atom stereocenters. The molecule has 1 aromatic carbocycles. The molecule has 0 unspecified atom stereocenters. The molecule has 1 N–H and O–H groups in total. The summed E-state index contributed by atoms with van der Waals surface area (Å²) in [5.74, 6) is 0.0646. The number of rotatable bonds is 10. The van der Waals surface area contributed by atoms with Crippen molar-refractivity contribution >= 4 is 11.9 Å². The Balaban J connectivity index is 2.61. The van der Waals surface area contributed by atoms with Crippen LogP contribution < -0.4 is 19.5 Å². The Morgan fingerprint density at radius 2 is 1.60 bits per heavy atom. The van der Waals surface area contributed by atoms with Crippen LogP contribution in [0.5, 0.6) is 17.2 Å². The fourth-order valence-corrected chi connectivity index (χ4v) is 1.96. The second-order valence-electron chi connectivity index (χ2n) is 5.24. The lowest BCUT2D eigenvalue weighted by Gasteiger charge is -2.14. The predicted molar refractivity (Wildman–Crippen MR) is 90.5 cm³/mol. The first kappa shape index (κ1) is 20.6. The largest absolute Gasteiger partial charge is 0.493 e. The van der Waals surface area contributed by atoms with Gasteiger partial charge in [0.05, 0.1) is 34.0 Å². The van der Waals surface area contributed by atoms with Crippen LogP contribution in [0.15, 0.2) is 12.1 Å². The summed E-state index contributed by atoms with van der Waals surface area (Å²) >= 11 is 0. The number of methoxy groups -OCH3 is 3. The maximum Gasteiger partial charge on any atom is 0.325 e. The first-order chi connectivity index (χ1) is 11.9. The van der Waals surface area contributed by atoms with E-state index in [1.165, 1.54) is 33.5 Å². The molecule has 1 amide bonds. The molecule has 0 aliphatic carbocycles. The van der Waals surface area contributed by atoms with E-state index in [1.807, 2.05) is 13.8 Å². The van der Waals surface area contributed by atoms with E-state index in [1.54, 1.807) is 0 Å². The summed E-state index contributed by atoms with van der Waals surface area (Å²) < 4.78 is 25.8. The molecule has 0 saturated heterocycles. The van der Waals surface area contributed by atoms with Gasteiger partial charge in [-0.1, -0.05) is 0 Å². The smallest absolute Gasteiger partial charge is 0.325 e. The van der Waals surface area contributed by atoms with Gasteiger partial charge in [-0.2, -0.15) is 0 Å². The summed E-state index contributed by atoms with van der Waals surface area (Å²) in [4.78, 5) is 23.8. The highest BCUT2D eigenvalue weighted by Crippen LogP contribution is 2.38. The van der Waals surface area contributed by atoms with Gasteiger partial charge in [0.25, 0.3) is 5.91 Å². The molecule has 0 aromatic heterocycles. The number of amides is 1. The predicted octanol–water partition coefficient (Wildman–Crippen LogP) is 1.41. The molecule has 0 fully saturated rings. The average Bonchev–Trinajstić information content (AvgIpc) is 2.61. The fourth-order valence-electron chi connectivity index (χ4n) is 1.96. The van der Waals surface area contributed by atoms with E-state index in [4.69, 9.17) is 23.7 Å². The lowest BCUT2D eigenvalue weighted by molar-refractivity contribution is -0.144. The lowest BCUT2D eigenvalue weighted by atomic mass is 10.1. The zero-order chi connectivity index (χ0) is 18.8. The number of carbonyl (C=O) groups excluding carboxylic acids is 2. The Morgan fingerprint density at radius 3 is 2.08 bits per heavy atom. The fraction of sp³-hybridized carbons (Fsp3) is 0.529. The summed E-state index contributed by atoms with van der Waals surface area (Å²) in [6, 6.07) is 3.00. The molecule has 0 heterocycles. The maximum absolute atomic E-state index is 12.2. The molecule has 8 nitrogen and oxygen atoms in total. The van der Waals surface area contributed by atoms with E-state index < -0.39 is 11.9 Å². The average molecular weight is 355 g/mol. The van der Waals surface area contributed by atoms with Crippen LogP contribution in [0.2, 0.25) is 0 Å². The van der Waals surface area contributed by atoms with Crippen LogP contribution in [0.1, 0.15) is 24.2 Å². The van der Waals surface area contributed by atoms with Crippen molar-refractivity contribution in [2.75, 3.05) is 41.1 Å². The molecule has 0 radical (unpaired) electrons. The molecule has 0 aliphatic heterocycles. The highest BCUT2D eigenvalue weighted by molar-refractivity contribution is 5.97. The molecule has 1 aromatic rings. The van der Waals surface area contributed by atoms with E-state index in [0.29, 0.717) is 23.9 Å². The van der Waals surface area contributed by atoms with E-state index in [-0.39, 0.29) is 24.8 Å². The van der Waals surface area contributed by atoms with Gasteiger partial charge in [0.15, 0.2) is 11.5 Å². The summed E-state index contributed by atoms with van der Waals surface area (Å²) in [5, 5.41) is 2.48. The zero-order valence-corrected chi connectivity index (χ0v) is 15.2. The van der Waals surface area contributed by atoms with Crippen molar-refractivity contribution in [1.29, 1.82) is 0 Å². The minimum atomic E-state index is -0.548. The number of hydrogen-bond donors (Lipinski definition) is 1. The zero-order valence-electron chi connectivity index (χ0n) is 15.2. The second kappa shape index (κ2) is 10.4. The van der Waals surface area contributed by atoms with Crippen molar-refractivity contribution < 1.29 is 33.3 Å². The number of carbonyl (C=O) groups is 2. The van der Waals surface area contributed by atoms with Gasteiger partial charge in [0, 0.05) is 5.56 Å². The molecule has 0 spiro atoms. The second-order valence-corrected chi connectivity index (χ2v) is 5.24. The highest BCUT2D eigenvalue weighted by Gasteiger charge is 2.17. The van der Waals surface area contributed by atoms with E-state index >= 15 is 0 Å². The van der Waals surface area contributed by atoms with E-state index in [2.05, 4.69) is 5.32 Å². The Bertz CT molecular complexity index is 561. The molecule has 25 heavy (non-hydrogen) atoms. The summed E-state index contributed by atoms with van der Waals surface area (Å²) in [5.41, 5.74) is 0.269. The SMILES string of the molecule is COc1cc(C(=O)NCC(=O)OCCOC(C)C)cc(OC)c1OC. The van der Waals surface area contributed by atoms with Crippen molar-refractivity contribution in [2.24, 2.45) is 0 Å². The number of ether oxygens (including phenoxy) is 5. The summed E-state index contributed by atoms with van der Waals surface area (Å²) in [6.07, 6.45) is 0.0680. The third-order valence-electron chi connectivity index (χ3n) is 3.12. The van der Waals surface area contributed by atoms with Crippen LogP contribution in [0, 0.1) is 0 Å². The van der Waals surface area contributed by atoms with Crippen molar-refractivity contribution in [1.82, 2.24) is 5.32 Å². The van der Waals surface area contributed by atoms with Gasteiger partial charge in [0.1, 0.15) is 13.2 Å². The molecular weight excluding hydrogens is 330 g/mol. The number of benzene rings is 1. The lowest BCUT2D eigenvalue weighted by Crippen LogP contribution is -2.31. The van der Waals surface area contributed by atoms with Crippen molar-refractivity contribution in [3.63, 3.8) is 0 Å². The highest BCUT2D eigenvalue weighted by atomic mass is 16.6. The summed E-state index contributed by atoms with van der Waals surface area (Å²) in [6.45, 7) is 3.97. The normalized spacial score (nSPS) is 10.3. The Morgan fingerprint density at radius 1 is 1.00 bits per heavy atom. The van der Waals surface area contributed by atoms with Crippen LogP contribution in [0.3, 0.4) is 0 Å². The summed E-state index contributed by atoms with van der Waals surface area (Å²) in [7, 11) is 4.38. The van der Waals surface area contributed by atoms with Crippen molar-refractivity contribution in [3.8, 4) is 17.2 Å². The van der Waals surface area contributed by atoms with Gasteiger partial charge in [-0.3, -0.25) is 9.59 Å².